The molecule has 2 heterocycles. The Morgan fingerprint density at radius 1 is 1.19 bits per heavy atom. The monoisotopic (exact) mass is 415 g/mol. The lowest BCUT2D eigenvalue weighted by Gasteiger charge is -2.32. The fraction of sp³-hybridized carbons (Fsp3) is 0.353. The van der Waals surface area contributed by atoms with Crippen molar-refractivity contribution >= 4 is 40.7 Å². The fourth-order valence-electron chi connectivity index (χ4n) is 2.59. The third-order valence-electron chi connectivity index (χ3n) is 3.84. The predicted molar refractivity (Wildman–Crippen MR) is 99.2 cm³/mol. The Bertz CT molecular complexity index is 774. The van der Waals surface area contributed by atoms with E-state index in [1.165, 1.54) is 12.4 Å². The number of carbonyl (C=O) groups is 1. The molecule has 1 fully saturated rings. The SMILES string of the molecule is O=C(COc1ccc(Cl)cc1Cl)N1CCCC(Oc2ncc(Cl)cn2)C1. The first-order chi connectivity index (χ1) is 12.5. The van der Waals surface area contributed by atoms with Crippen molar-refractivity contribution in [2.24, 2.45) is 0 Å². The second-order valence-corrected chi connectivity index (χ2v) is 7.05. The van der Waals surface area contributed by atoms with Crippen molar-refractivity contribution in [1.82, 2.24) is 14.9 Å². The maximum atomic E-state index is 12.4. The molecule has 1 saturated heterocycles. The number of halogens is 3. The van der Waals surface area contributed by atoms with E-state index in [-0.39, 0.29) is 24.6 Å². The smallest absolute Gasteiger partial charge is 0.316 e. The summed E-state index contributed by atoms with van der Waals surface area (Å²) in [7, 11) is 0. The molecule has 3 rings (SSSR count). The van der Waals surface area contributed by atoms with E-state index in [4.69, 9.17) is 44.3 Å². The summed E-state index contributed by atoms with van der Waals surface area (Å²) in [5, 5.41) is 1.31. The summed E-state index contributed by atoms with van der Waals surface area (Å²) in [6, 6.07) is 5.11. The summed E-state index contributed by atoms with van der Waals surface area (Å²) in [6.45, 7) is 0.992. The van der Waals surface area contributed by atoms with Crippen LogP contribution >= 0.6 is 34.8 Å². The molecular weight excluding hydrogens is 401 g/mol. The topological polar surface area (TPSA) is 64.5 Å². The van der Waals surface area contributed by atoms with Gasteiger partial charge >= 0.3 is 6.01 Å². The van der Waals surface area contributed by atoms with Crippen LogP contribution in [0.1, 0.15) is 12.8 Å². The molecule has 0 spiro atoms. The quantitative estimate of drug-likeness (QED) is 0.740. The standard InChI is InChI=1S/C17H16Cl3N3O3/c18-11-3-4-15(14(20)6-11)25-10-16(24)23-5-1-2-13(9-23)26-17-21-7-12(19)8-22-17/h3-4,6-8,13H,1-2,5,9-10H2. The fourth-order valence-corrected chi connectivity index (χ4v) is 3.15. The molecule has 2 aromatic rings. The summed E-state index contributed by atoms with van der Waals surface area (Å²) >= 11 is 17.7. The lowest BCUT2D eigenvalue weighted by molar-refractivity contribution is -0.136. The molecule has 1 aromatic heterocycles. The highest BCUT2D eigenvalue weighted by molar-refractivity contribution is 6.35. The molecule has 9 heteroatoms. The highest BCUT2D eigenvalue weighted by Gasteiger charge is 2.26. The van der Waals surface area contributed by atoms with E-state index in [1.54, 1.807) is 23.1 Å². The van der Waals surface area contributed by atoms with Gasteiger partial charge in [-0.3, -0.25) is 4.79 Å². The normalized spacial score (nSPS) is 17.0. The molecule has 1 amide bonds. The van der Waals surface area contributed by atoms with E-state index in [0.29, 0.717) is 33.9 Å². The van der Waals surface area contributed by atoms with Gasteiger partial charge < -0.3 is 14.4 Å². The number of carbonyl (C=O) groups excluding carboxylic acids is 1. The molecule has 0 saturated carbocycles. The van der Waals surface area contributed by atoms with E-state index in [9.17, 15) is 4.79 Å². The number of benzene rings is 1. The van der Waals surface area contributed by atoms with E-state index < -0.39 is 0 Å². The molecule has 0 bridgehead atoms. The molecule has 1 atom stereocenters. The van der Waals surface area contributed by atoms with Crippen LogP contribution in [0, 0.1) is 0 Å². The molecule has 0 radical (unpaired) electrons. The van der Waals surface area contributed by atoms with E-state index in [2.05, 4.69) is 9.97 Å². The number of nitrogens with zero attached hydrogens (tertiary/aromatic N) is 3. The Morgan fingerprint density at radius 2 is 1.96 bits per heavy atom. The first-order valence-corrected chi connectivity index (χ1v) is 9.14. The first-order valence-electron chi connectivity index (χ1n) is 8.01. The molecule has 26 heavy (non-hydrogen) atoms. The zero-order valence-corrected chi connectivity index (χ0v) is 16.0. The number of ether oxygens (including phenoxy) is 2. The average Bonchev–Trinajstić information content (AvgIpc) is 2.63. The second kappa shape index (κ2) is 8.75. The average molecular weight is 417 g/mol. The lowest BCUT2D eigenvalue weighted by Crippen LogP contribution is -2.46. The van der Waals surface area contributed by atoms with Gasteiger partial charge in [-0.15, -0.1) is 0 Å². The highest BCUT2D eigenvalue weighted by atomic mass is 35.5. The van der Waals surface area contributed by atoms with Crippen LogP contribution in [0.2, 0.25) is 15.1 Å². The second-order valence-electron chi connectivity index (χ2n) is 5.77. The van der Waals surface area contributed by atoms with Crippen molar-refractivity contribution in [3.05, 3.63) is 45.7 Å². The molecule has 1 aliphatic heterocycles. The maximum absolute atomic E-state index is 12.4. The van der Waals surface area contributed by atoms with Crippen molar-refractivity contribution in [3.63, 3.8) is 0 Å². The zero-order valence-electron chi connectivity index (χ0n) is 13.7. The van der Waals surface area contributed by atoms with Crippen LogP contribution < -0.4 is 9.47 Å². The van der Waals surface area contributed by atoms with E-state index >= 15 is 0 Å². The van der Waals surface area contributed by atoms with Gasteiger partial charge in [-0.25, -0.2) is 9.97 Å². The molecule has 1 aliphatic rings. The van der Waals surface area contributed by atoms with Gasteiger partial charge in [0, 0.05) is 11.6 Å². The Labute approximate surface area is 166 Å². The lowest BCUT2D eigenvalue weighted by atomic mass is 10.1. The Hall–Kier alpha value is -1.76. The van der Waals surface area contributed by atoms with Gasteiger partial charge in [0.1, 0.15) is 11.9 Å². The number of hydrogen-bond donors (Lipinski definition) is 0. The van der Waals surface area contributed by atoms with Crippen LogP contribution in [-0.4, -0.2) is 46.6 Å². The molecule has 0 aliphatic carbocycles. The molecule has 138 valence electrons. The van der Waals surface area contributed by atoms with Gasteiger partial charge in [-0.1, -0.05) is 34.8 Å². The van der Waals surface area contributed by atoms with Crippen LogP contribution in [0.4, 0.5) is 0 Å². The van der Waals surface area contributed by atoms with Gasteiger partial charge in [0.25, 0.3) is 5.91 Å². The summed E-state index contributed by atoms with van der Waals surface area (Å²) in [5.74, 6) is 0.283. The van der Waals surface area contributed by atoms with Crippen LogP contribution in [-0.2, 0) is 4.79 Å². The zero-order chi connectivity index (χ0) is 18.5. The van der Waals surface area contributed by atoms with Crippen molar-refractivity contribution in [2.45, 2.75) is 18.9 Å². The minimum Gasteiger partial charge on any atom is -0.482 e. The molecule has 1 aromatic carbocycles. The Kier molecular flexibility index (Phi) is 6.40. The first kappa shape index (κ1) is 19.0. The maximum Gasteiger partial charge on any atom is 0.316 e. The van der Waals surface area contributed by atoms with Crippen LogP contribution in [0.3, 0.4) is 0 Å². The molecule has 1 unspecified atom stereocenters. The summed E-state index contributed by atoms with van der Waals surface area (Å²) in [5.41, 5.74) is 0. The minimum absolute atomic E-state index is 0.106. The number of likely N-dealkylation sites (tertiary alicyclic amines) is 1. The van der Waals surface area contributed by atoms with Crippen LogP contribution in [0.15, 0.2) is 30.6 Å². The van der Waals surface area contributed by atoms with E-state index in [1.807, 2.05) is 0 Å². The minimum atomic E-state index is -0.173. The van der Waals surface area contributed by atoms with Gasteiger partial charge in [0.05, 0.1) is 29.0 Å². The largest absolute Gasteiger partial charge is 0.482 e. The van der Waals surface area contributed by atoms with Gasteiger partial charge in [-0.05, 0) is 31.0 Å². The number of aromatic nitrogens is 2. The van der Waals surface area contributed by atoms with Crippen molar-refractivity contribution < 1.29 is 14.3 Å². The molecule has 6 nitrogen and oxygen atoms in total. The third kappa shape index (κ3) is 5.13. The Morgan fingerprint density at radius 3 is 2.69 bits per heavy atom. The van der Waals surface area contributed by atoms with Crippen molar-refractivity contribution in [3.8, 4) is 11.8 Å². The van der Waals surface area contributed by atoms with Gasteiger partial charge in [-0.2, -0.15) is 0 Å². The summed E-state index contributed by atoms with van der Waals surface area (Å²) < 4.78 is 11.2. The summed E-state index contributed by atoms with van der Waals surface area (Å²) in [4.78, 5) is 22.2. The summed E-state index contributed by atoms with van der Waals surface area (Å²) in [6.07, 6.45) is 4.41. The van der Waals surface area contributed by atoms with Crippen molar-refractivity contribution in [2.75, 3.05) is 19.7 Å². The predicted octanol–water partition coefficient (Wildman–Crippen LogP) is 3.89. The van der Waals surface area contributed by atoms with Crippen LogP contribution in [0.25, 0.3) is 0 Å². The number of hydrogen-bond acceptors (Lipinski definition) is 5. The third-order valence-corrected chi connectivity index (χ3v) is 4.57. The molecular formula is C17H16Cl3N3O3. The van der Waals surface area contributed by atoms with Crippen LogP contribution in [0.5, 0.6) is 11.8 Å². The Balaban J connectivity index is 1.53. The van der Waals surface area contributed by atoms with E-state index in [0.717, 1.165) is 12.8 Å². The number of amides is 1. The number of piperidine rings is 1. The van der Waals surface area contributed by atoms with Crippen molar-refractivity contribution in [1.29, 1.82) is 0 Å². The highest BCUT2D eigenvalue weighted by Crippen LogP contribution is 2.27. The number of rotatable bonds is 5. The van der Waals surface area contributed by atoms with Gasteiger partial charge in [0.2, 0.25) is 0 Å². The van der Waals surface area contributed by atoms with Gasteiger partial charge in [0.15, 0.2) is 6.61 Å². The molecule has 0 N–H and O–H groups in total.